The second-order valence-corrected chi connectivity index (χ2v) is 13.2. The fourth-order valence-corrected chi connectivity index (χ4v) is 4.53. The Morgan fingerprint density at radius 3 is 1.78 bits per heavy atom. The molecule has 2 saturated heterocycles. The first kappa shape index (κ1) is 34.4. The number of aryl methyl sites for hydroxylation is 2. The number of halogens is 1. The minimum atomic E-state index is -0.446. The average molecular weight is 642 g/mol. The van der Waals surface area contributed by atoms with Crippen LogP contribution in [0.25, 0.3) is 0 Å². The predicted molar refractivity (Wildman–Crippen MR) is 164 cm³/mol. The van der Waals surface area contributed by atoms with E-state index in [2.05, 4.69) is 50.2 Å². The van der Waals surface area contributed by atoms with Gasteiger partial charge in [-0.2, -0.15) is 10.2 Å². The SMILES string of the molecule is C[C@H]1CN(C(=O)OC(C)(C)C)CCN1.C[C@H]1CN(C(=O)OC(C)(C)C)CCN1c1ccn(C)n1.Cn1ccc(Br)n1. The quantitative estimate of drug-likeness (QED) is 0.492. The van der Waals surface area contributed by atoms with Crippen molar-refractivity contribution in [2.24, 2.45) is 14.1 Å². The standard InChI is InChI=1S/C14H24N4O2.C10H20N2O2.C4H5BrN2/c1-11-10-17(13(19)20-14(2,3)4)8-9-18(11)12-6-7-16(5)15-12;1-8-7-12(6-5-11-8)9(13)14-10(2,3)4;1-7-3-2-4(5)6-7/h6-7,11H,8-10H2,1-5H3;8,11H,5-7H2,1-4H3;2-3H,1H3/t11-;8-;/m00./s1. The van der Waals surface area contributed by atoms with Gasteiger partial charge in [-0.05, 0) is 77.4 Å². The zero-order valence-corrected chi connectivity index (χ0v) is 27.9. The van der Waals surface area contributed by atoms with E-state index in [9.17, 15) is 9.59 Å². The number of piperazine rings is 2. The summed E-state index contributed by atoms with van der Waals surface area (Å²) in [4.78, 5) is 29.5. The van der Waals surface area contributed by atoms with Crippen molar-refractivity contribution in [2.75, 3.05) is 44.2 Å². The number of hydrogen-bond acceptors (Lipinski definition) is 8. The van der Waals surface area contributed by atoms with Gasteiger partial charge in [0.25, 0.3) is 0 Å². The number of amides is 2. The van der Waals surface area contributed by atoms with Gasteiger partial charge in [-0.15, -0.1) is 0 Å². The molecule has 0 unspecified atom stereocenters. The third-order valence-electron chi connectivity index (χ3n) is 5.97. The molecular weight excluding hydrogens is 592 g/mol. The van der Waals surface area contributed by atoms with E-state index in [4.69, 9.17) is 9.47 Å². The van der Waals surface area contributed by atoms with Crippen molar-refractivity contribution >= 4 is 33.9 Å². The summed E-state index contributed by atoms with van der Waals surface area (Å²) in [6, 6.07) is 4.47. The second-order valence-electron chi connectivity index (χ2n) is 12.4. The number of anilines is 1. The van der Waals surface area contributed by atoms with Crippen LogP contribution in [0.1, 0.15) is 55.4 Å². The number of ether oxygens (including phenoxy) is 2. The third-order valence-corrected chi connectivity index (χ3v) is 6.40. The van der Waals surface area contributed by atoms with E-state index in [0.29, 0.717) is 19.1 Å². The fourth-order valence-electron chi connectivity index (χ4n) is 4.16. The molecule has 4 rings (SSSR count). The van der Waals surface area contributed by atoms with Gasteiger partial charge < -0.3 is 29.5 Å². The summed E-state index contributed by atoms with van der Waals surface area (Å²) in [5.41, 5.74) is -0.844. The van der Waals surface area contributed by atoms with E-state index in [1.165, 1.54) is 0 Å². The van der Waals surface area contributed by atoms with Crippen LogP contribution in [0.3, 0.4) is 0 Å². The first-order valence-electron chi connectivity index (χ1n) is 14.0. The normalized spacial score (nSPS) is 19.4. The molecular formula is C28H49BrN8O4. The highest BCUT2D eigenvalue weighted by molar-refractivity contribution is 9.10. The van der Waals surface area contributed by atoms with Crippen molar-refractivity contribution in [3.8, 4) is 0 Å². The summed E-state index contributed by atoms with van der Waals surface area (Å²) in [6.45, 7) is 19.9. The van der Waals surface area contributed by atoms with E-state index in [-0.39, 0.29) is 18.2 Å². The van der Waals surface area contributed by atoms with Gasteiger partial charge in [0.1, 0.15) is 15.8 Å². The van der Waals surface area contributed by atoms with Crippen LogP contribution in [0, 0.1) is 0 Å². The van der Waals surface area contributed by atoms with Gasteiger partial charge in [-0.1, -0.05) is 0 Å². The molecule has 0 radical (unpaired) electrons. The summed E-state index contributed by atoms with van der Waals surface area (Å²) >= 11 is 3.20. The summed E-state index contributed by atoms with van der Waals surface area (Å²) in [5.74, 6) is 0.962. The lowest BCUT2D eigenvalue weighted by molar-refractivity contribution is 0.0197. The predicted octanol–water partition coefficient (Wildman–Crippen LogP) is 4.26. The van der Waals surface area contributed by atoms with Crippen molar-refractivity contribution in [3.05, 3.63) is 29.1 Å². The summed E-state index contributed by atoms with van der Waals surface area (Å²) in [6.07, 6.45) is 3.38. The highest BCUT2D eigenvalue weighted by atomic mass is 79.9. The lowest BCUT2D eigenvalue weighted by Crippen LogP contribution is -2.54. The number of hydrogen-bond donors (Lipinski definition) is 1. The van der Waals surface area contributed by atoms with Gasteiger partial charge in [0.15, 0.2) is 5.82 Å². The van der Waals surface area contributed by atoms with Crippen LogP contribution >= 0.6 is 15.9 Å². The molecule has 4 heterocycles. The highest BCUT2D eigenvalue weighted by Gasteiger charge is 2.30. The Kier molecular flexibility index (Phi) is 12.5. The van der Waals surface area contributed by atoms with Crippen molar-refractivity contribution in [2.45, 2.75) is 78.7 Å². The summed E-state index contributed by atoms with van der Waals surface area (Å²) in [5, 5.41) is 11.6. The Morgan fingerprint density at radius 1 is 0.854 bits per heavy atom. The van der Waals surface area contributed by atoms with Gasteiger partial charge in [0, 0.05) is 83.9 Å². The average Bonchev–Trinajstić information content (AvgIpc) is 3.44. The molecule has 2 atom stereocenters. The van der Waals surface area contributed by atoms with Crippen LogP contribution in [-0.4, -0.2) is 104 Å². The maximum Gasteiger partial charge on any atom is 0.410 e. The first-order chi connectivity index (χ1) is 18.9. The maximum atomic E-state index is 12.1. The van der Waals surface area contributed by atoms with Crippen molar-refractivity contribution in [1.82, 2.24) is 34.7 Å². The van der Waals surface area contributed by atoms with Gasteiger partial charge in [0.05, 0.1) is 0 Å². The molecule has 0 bridgehead atoms. The minimum Gasteiger partial charge on any atom is -0.444 e. The molecule has 2 amide bonds. The van der Waals surface area contributed by atoms with Crippen LogP contribution < -0.4 is 10.2 Å². The first-order valence-corrected chi connectivity index (χ1v) is 14.8. The van der Waals surface area contributed by atoms with Crippen molar-refractivity contribution in [3.63, 3.8) is 0 Å². The zero-order valence-electron chi connectivity index (χ0n) is 26.3. The third kappa shape index (κ3) is 12.7. The smallest absolute Gasteiger partial charge is 0.410 e. The molecule has 2 aromatic rings. The number of carbonyl (C=O) groups is 2. The van der Waals surface area contributed by atoms with E-state index < -0.39 is 11.2 Å². The molecule has 2 aliphatic rings. The molecule has 2 aliphatic heterocycles. The zero-order chi connectivity index (χ0) is 31.0. The molecule has 12 nitrogen and oxygen atoms in total. The summed E-state index contributed by atoms with van der Waals surface area (Å²) in [7, 11) is 3.79. The van der Waals surface area contributed by atoms with Crippen molar-refractivity contribution in [1.29, 1.82) is 0 Å². The lowest BCUT2D eigenvalue weighted by Gasteiger charge is -2.40. The van der Waals surface area contributed by atoms with Crippen LogP contribution in [0.4, 0.5) is 15.4 Å². The molecule has 2 aromatic heterocycles. The van der Waals surface area contributed by atoms with E-state index in [1.54, 1.807) is 19.2 Å². The number of aromatic nitrogens is 4. The molecule has 0 aromatic carbocycles. The van der Waals surface area contributed by atoms with Gasteiger partial charge in [-0.3, -0.25) is 9.36 Å². The van der Waals surface area contributed by atoms with E-state index >= 15 is 0 Å². The molecule has 41 heavy (non-hydrogen) atoms. The van der Waals surface area contributed by atoms with Crippen LogP contribution in [0.15, 0.2) is 29.1 Å². The Labute approximate surface area is 253 Å². The maximum absolute atomic E-state index is 12.1. The highest BCUT2D eigenvalue weighted by Crippen LogP contribution is 2.20. The Hall–Kier alpha value is -2.80. The van der Waals surface area contributed by atoms with E-state index in [0.717, 1.165) is 36.6 Å². The monoisotopic (exact) mass is 640 g/mol. The molecule has 13 heteroatoms. The van der Waals surface area contributed by atoms with Gasteiger partial charge >= 0.3 is 12.2 Å². The van der Waals surface area contributed by atoms with Crippen LogP contribution in [-0.2, 0) is 23.6 Å². The number of carbonyl (C=O) groups excluding carboxylic acids is 2. The molecule has 0 spiro atoms. The molecule has 1 N–H and O–H groups in total. The topological polar surface area (TPSA) is 110 Å². The number of nitrogens with zero attached hydrogens (tertiary/aromatic N) is 7. The van der Waals surface area contributed by atoms with Crippen LogP contribution in [0.2, 0.25) is 0 Å². The van der Waals surface area contributed by atoms with Crippen LogP contribution in [0.5, 0.6) is 0 Å². The Morgan fingerprint density at radius 2 is 1.39 bits per heavy atom. The second kappa shape index (κ2) is 14.9. The van der Waals surface area contributed by atoms with Gasteiger partial charge in [0.2, 0.25) is 0 Å². The molecule has 0 aliphatic carbocycles. The molecule has 0 saturated carbocycles. The summed E-state index contributed by atoms with van der Waals surface area (Å²) < 4.78 is 15.1. The lowest BCUT2D eigenvalue weighted by atomic mass is 10.2. The Balaban J connectivity index is 0.000000241. The molecule has 232 valence electrons. The number of nitrogens with one attached hydrogen (secondary N) is 1. The fraction of sp³-hybridized carbons (Fsp3) is 0.714. The minimum absolute atomic E-state index is 0.203. The number of rotatable bonds is 1. The largest absolute Gasteiger partial charge is 0.444 e. The van der Waals surface area contributed by atoms with Crippen molar-refractivity contribution < 1.29 is 19.1 Å². The van der Waals surface area contributed by atoms with Gasteiger partial charge in [-0.25, -0.2) is 9.59 Å². The molecule has 2 fully saturated rings. The van der Waals surface area contributed by atoms with E-state index in [1.807, 2.05) is 80.2 Å². The Bertz CT molecular complexity index is 1090.